The van der Waals surface area contributed by atoms with Crippen LogP contribution < -0.4 is 0 Å². The van der Waals surface area contributed by atoms with Crippen LogP contribution in [0, 0.1) is 5.92 Å². The van der Waals surface area contributed by atoms with Crippen LogP contribution in [0.4, 0.5) is 0 Å². The molecule has 2 aromatic carbocycles. The summed E-state index contributed by atoms with van der Waals surface area (Å²) in [6.07, 6.45) is 3.63. The van der Waals surface area contributed by atoms with E-state index in [1.807, 2.05) is 52.2 Å². The van der Waals surface area contributed by atoms with Crippen LogP contribution in [0.1, 0.15) is 36.1 Å². The summed E-state index contributed by atoms with van der Waals surface area (Å²) in [5.74, 6) is 0.286. The zero-order valence-corrected chi connectivity index (χ0v) is 16.2. The van der Waals surface area contributed by atoms with Gasteiger partial charge < -0.3 is 4.90 Å². The van der Waals surface area contributed by atoms with E-state index >= 15 is 0 Å². The smallest absolute Gasteiger partial charge is 0.227 e. The predicted molar refractivity (Wildman–Crippen MR) is 109 cm³/mol. The third-order valence-corrected chi connectivity index (χ3v) is 5.44. The molecule has 28 heavy (non-hydrogen) atoms. The third kappa shape index (κ3) is 3.98. The van der Waals surface area contributed by atoms with Crippen LogP contribution in [0.2, 0.25) is 0 Å². The number of benzene rings is 2. The quantitative estimate of drug-likeness (QED) is 0.634. The van der Waals surface area contributed by atoms with Gasteiger partial charge in [0.1, 0.15) is 0 Å². The molecule has 0 aliphatic carbocycles. The van der Waals surface area contributed by atoms with Gasteiger partial charge in [-0.1, -0.05) is 72.8 Å². The van der Waals surface area contributed by atoms with Gasteiger partial charge in [0.2, 0.25) is 5.91 Å². The topological polar surface area (TPSA) is 51.0 Å². The molecule has 0 spiro atoms. The van der Waals surface area contributed by atoms with Crippen LogP contribution in [0.15, 0.2) is 66.9 Å². The maximum Gasteiger partial charge on any atom is 0.227 e. The molecule has 144 valence electrons. The Labute approximate surface area is 166 Å². The zero-order chi connectivity index (χ0) is 19.3. The summed E-state index contributed by atoms with van der Waals surface area (Å²) in [6, 6.07) is 20.6. The summed E-state index contributed by atoms with van der Waals surface area (Å²) >= 11 is 0. The van der Waals surface area contributed by atoms with Gasteiger partial charge >= 0.3 is 0 Å². The van der Waals surface area contributed by atoms with Gasteiger partial charge in [0.25, 0.3) is 0 Å². The van der Waals surface area contributed by atoms with Crippen LogP contribution in [0.5, 0.6) is 0 Å². The van der Waals surface area contributed by atoms with Crippen molar-refractivity contribution < 1.29 is 4.79 Å². The molecule has 1 aromatic heterocycles. The molecule has 5 heteroatoms. The first-order valence-electron chi connectivity index (χ1n) is 10.0. The first kappa shape index (κ1) is 18.4. The first-order valence-corrected chi connectivity index (χ1v) is 10.0. The van der Waals surface area contributed by atoms with Crippen molar-refractivity contribution in [1.82, 2.24) is 19.9 Å². The van der Waals surface area contributed by atoms with E-state index in [2.05, 4.69) is 41.5 Å². The first-order chi connectivity index (χ1) is 13.7. The summed E-state index contributed by atoms with van der Waals surface area (Å²) < 4.78 is 1.87. The van der Waals surface area contributed by atoms with Gasteiger partial charge in [-0.2, -0.15) is 0 Å². The fraction of sp³-hybridized carbons (Fsp3) is 0.348. The van der Waals surface area contributed by atoms with E-state index in [4.69, 9.17) is 0 Å². The second-order valence-electron chi connectivity index (χ2n) is 7.51. The highest BCUT2D eigenvalue weighted by Crippen LogP contribution is 2.36. The molecule has 2 heterocycles. The average molecular weight is 374 g/mol. The van der Waals surface area contributed by atoms with E-state index < -0.39 is 0 Å². The number of amides is 1. The molecule has 4 rings (SSSR count). The number of hydrogen-bond acceptors (Lipinski definition) is 3. The molecule has 5 nitrogen and oxygen atoms in total. The van der Waals surface area contributed by atoms with Crippen LogP contribution >= 0.6 is 0 Å². The van der Waals surface area contributed by atoms with Crippen LogP contribution in [-0.4, -0.2) is 32.3 Å². The van der Waals surface area contributed by atoms with Gasteiger partial charge in [-0.25, -0.2) is 0 Å². The Morgan fingerprint density at radius 1 is 1.04 bits per heavy atom. The number of likely N-dealkylation sites (tertiary alicyclic amines) is 1. The van der Waals surface area contributed by atoms with Crippen molar-refractivity contribution in [1.29, 1.82) is 0 Å². The molecule has 1 saturated heterocycles. The Bertz CT molecular complexity index is 907. The lowest BCUT2D eigenvalue weighted by Crippen LogP contribution is -2.27. The van der Waals surface area contributed by atoms with Crippen LogP contribution in [-0.2, 0) is 24.3 Å². The number of nitrogens with zero attached hydrogens (tertiary/aromatic N) is 4. The highest BCUT2D eigenvalue weighted by Gasteiger charge is 2.41. The Balaban J connectivity index is 1.57. The second kappa shape index (κ2) is 8.38. The van der Waals surface area contributed by atoms with Crippen molar-refractivity contribution in [2.75, 3.05) is 6.54 Å². The van der Waals surface area contributed by atoms with E-state index in [0.717, 1.165) is 30.8 Å². The molecule has 0 N–H and O–H groups in total. The van der Waals surface area contributed by atoms with Crippen LogP contribution in [0.3, 0.4) is 0 Å². The Hall–Kier alpha value is -2.95. The molecule has 1 fully saturated rings. The molecule has 0 saturated carbocycles. The van der Waals surface area contributed by atoms with Gasteiger partial charge in [-0.15, -0.1) is 5.10 Å². The van der Waals surface area contributed by atoms with E-state index in [-0.39, 0.29) is 17.7 Å². The molecule has 2 atom stereocenters. The Kier molecular flexibility index (Phi) is 5.51. The van der Waals surface area contributed by atoms with Gasteiger partial charge in [0.15, 0.2) is 0 Å². The molecule has 1 aliphatic heterocycles. The van der Waals surface area contributed by atoms with Gasteiger partial charge in [-0.05, 0) is 17.5 Å². The third-order valence-electron chi connectivity index (χ3n) is 5.44. The molecule has 0 radical (unpaired) electrons. The molecule has 1 amide bonds. The van der Waals surface area contributed by atoms with Crippen molar-refractivity contribution in [3.05, 3.63) is 83.7 Å². The minimum Gasteiger partial charge on any atom is -0.337 e. The normalized spacial score (nSPS) is 19.3. The lowest BCUT2D eigenvalue weighted by atomic mass is 9.86. The molecule has 0 bridgehead atoms. The van der Waals surface area contributed by atoms with Crippen molar-refractivity contribution >= 4 is 5.91 Å². The summed E-state index contributed by atoms with van der Waals surface area (Å²) in [5.41, 5.74) is 3.28. The standard InChI is InChI=1S/C23H26N4O/c1-2-13-27-16-20(24-25-27)14-21-22(19-11-7-4-8-12-19)17-26(23(21)28)15-18-9-5-3-6-10-18/h3-12,16,21-22H,2,13-15,17H2,1H3. The largest absolute Gasteiger partial charge is 0.337 e. The molecule has 1 aliphatic rings. The van der Waals surface area contributed by atoms with E-state index in [9.17, 15) is 4.79 Å². The SMILES string of the molecule is CCCn1cc(CC2C(=O)N(Cc3ccccc3)CC2c2ccccc2)nn1. The predicted octanol–water partition coefficient (Wildman–Crippen LogP) is 3.67. The maximum absolute atomic E-state index is 13.3. The fourth-order valence-corrected chi connectivity index (χ4v) is 4.07. The lowest BCUT2D eigenvalue weighted by molar-refractivity contribution is -0.131. The molecule has 2 unspecified atom stereocenters. The Morgan fingerprint density at radius 3 is 2.46 bits per heavy atom. The van der Waals surface area contributed by atoms with Crippen molar-refractivity contribution in [3.8, 4) is 0 Å². The van der Waals surface area contributed by atoms with Crippen molar-refractivity contribution in [2.24, 2.45) is 5.92 Å². The van der Waals surface area contributed by atoms with Gasteiger partial charge in [-0.3, -0.25) is 9.48 Å². The zero-order valence-electron chi connectivity index (χ0n) is 16.2. The minimum atomic E-state index is -0.0992. The average Bonchev–Trinajstić information content (AvgIpc) is 3.29. The van der Waals surface area contributed by atoms with E-state index in [1.165, 1.54) is 5.56 Å². The van der Waals surface area contributed by atoms with Gasteiger partial charge in [0, 0.05) is 38.2 Å². The highest BCUT2D eigenvalue weighted by atomic mass is 16.2. The monoisotopic (exact) mass is 374 g/mol. The number of carbonyl (C=O) groups is 1. The molecular formula is C23H26N4O. The van der Waals surface area contributed by atoms with Crippen molar-refractivity contribution in [2.45, 2.75) is 38.8 Å². The summed E-state index contributed by atoms with van der Waals surface area (Å²) in [7, 11) is 0. The number of rotatable bonds is 7. The summed E-state index contributed by atoms with van der Waals surface area (Å²) in [6.45, 7) is 4.37. The van der Waals surface area contributed by atoms with Crippen molar-refractivity contribution in [3.63, 3.8) is 0 Å². The summed E-state index contributed by atoms with van der Waals surface area (Å²) in [5, 5.41) is 8.51. The fourth-order valence-electron chi connectivity index (χ4n) is 4.07. The second-order valence-corrected chi connectivity index (χ2v) is 7.51. The number of carbonyl (C=O) groups excluding carboxylic acids is 1. The minimum absolute atomic E-state index is 0.0992. The molecular weight excluding hydrogens is 348 g/mol. The Morgan fingerprint density at radius 2 is 1.75 bits per heavy atom. The van der Waals surface area contributed by atoms with E-state index in [0.29, 0.717) is 13.0 Å². The summed E-state index contributed by atoms with van der Waals surface area (Å²) in [4.78, 5) is 15.3. The van der Waals surface area contributed by atoms with E-state index in [1.54, 1.807) is 0 Å². The lowest BCUT2D eigenvalue weighted by Gasteiger charge is -2.16. The van der Waals surface area contributed by atoms with Crippen LogP contribution in [0.25, 0.3) is 0 Å². The number of aromatic nitrogens is 3. The number of aryl methyl sites for hydroxylation is 1. The number of hydrogen-bond donors (Lipinski definition) is 0. The molecule has 3 aromatic rings. The van der Waals surface area contributed by atoms with Gasteiger partial charge in [0.05, 0.1) is 11.6 Å². The maximum atomic E-state index is 13.3. The highest BCUT2D eigenvalue weighted by molar-refractivity contribution is 5.83.